The van der Waals surface area contributed by atoms with Crippen LogP contribution in [0.25, 0.3) is 0 Å². The molecule has 0 spiro atoms. The number of nitrogens with one attached hydrogen (secondary N) is 2. The number of aromatic nitrogens is 2. The van der Waals surface area contributed by atoms with Crippen LogP contribution in [0.15, 0.2) is 30.5 Å². The van der Waals surface area contributed by atoms with Gasteiger partial charge in [-0.2, -0.15) is 8.78 Å². The summed E-state index contributed by atoms with van der Waals surface area (Å²) in [7, 11) is 0. The van der Waals surface area contributed by atoms with Gasteiger partial charge >= 0.3 is 12.3 Å². The van der Waals surface area contributed by atoms with Gasteiger partial charge in [0.05, 0.1) is 6.04 Å². The van der Waals surface area contributed by atoms with Gasteiger partial charge in [0.25, 0.3) is 5.91 Å². The number of carbonyl (C=O) groups is 2. The van der Waals surface area contributed by atoms with Crippen molar-refractivity contribution >= 4 is 17.6 Å². The second-order valence-corrected chi connectivity index (χ2v) is 7.50. The van der Waals surface area contributed by atoms with Crippen LogP contribution in [-0.2, 0) is 4.79 Å². The molecule has 2 heterocycles. The molecule has 0 saturated heterocycles. The molecule has 0 aliphatic heterocycles. The number of hydrogen-bond acceptors (Lipinski definition) is 5. The molecule has 0 fully saturated rings. The molecule has 0 bridgehead atoms. The molecule has 2 aromatic heterocycles. The van der Waals surface area contributed by atoms with E-state index in [9.17, 15) is 27.2 Å². The van der Waals surface area contributed by atoms with Crippen LogP contribution in [0, 0.1) is 12.8 Å². The molecule has 0 aliphatic rings. The van der Waals surface area contributed by atoms with Gasteiger partial charge in [0.1, 0.15) is 5.82 Å². The molecule has 1 unspecified atom stereocenters. The summed E-state index contributed by atoms with van der Waals surface area (Å²) in [6.45, 7) is 5.33. The monoisotopic (exact) mass is 456 g/mol. The van der Waals surface area contributed by atoms with Gasteiger partial charge in [-0.05, 0) is 31.5 Å². The fraction of sp³-hybridized carbons (Fsp3) is 0.429. The highest BCUT2D eigenvalue weighted by Gasteiger charge is 2.41. The lowest BCUT2D eigenvalue weighted by atomic mass is 10.1. The lowest BCUT2D eigenvalue weighted by molar-refractivity contribution is -0.148. The van der Waals surface area contributed by atoms with Gasteiger partial charge in [-0.1, -0.05) is 19.9 Å². The predicted octanol–water partition coefficient (Wildman–Crippen LogP) is 4.15. The minimum absolute atomic E-state index is 0.234. The Balaban J connectivity index is 2.03. The summed E-state index contributed by atoms with van der Waals surface area (Å²) in [6.07, 6.45) is -2.56. The fourth-order valence-corrected chi connectivity index (χ4v) is 2.46. The number of hydrogen-bond donors (Lipinski definition) is 2. The van der Waals surface area contributed by atoms with E-state index in [1.165, 1.54) is 24.4 Å². The number of ether oxygens (including phenoxy) is 1. The smallest absolute Gasteiger partial charge is 0.340 e. The number of aryl methyl sites for hydroxylation is 1. The highest BCUT2D eigenvalue weighted by molar-refractivity contribution is 5.97. The normalized spacial score (nSPS) is 12.6. The maximum absolute atomic E-state index is 12.9. The van der Waals surface area contributed by atoms with Gasteiger partial charge in [0.2, 0.25) is 11.8 Å². The Morgan fingerprint density at radius 2 is 1.84 bits per heavy atom. The largest absolute Gasteiger partial charge is 0.471 e. The molecule has 174 valence electrons. The summed E-state index contributed by atoms with van der Waals surface area (Å²) in [5, 5.41) is 5.40. The van der Waals surface area contributed by atoms with Crippen LogP contribution in [0.2, 0.25) is 0 Å². The number of pyridine rings is 2. The third-order valence-electron chi connectivity index (χ3n) is 4.33. The van der Waals surface area contributed by atoms with E-state index in [1.54, 1.807) is 33.8 Å². The van der Waals surface area contributed by atoms with Crippen molar-refractivity contribution in [2.45, 2.75) is 46.1 Å². The van der Waals surface area contributed by atoms with Crippen LogP contribution in [0.1, 0.15) is 48.4 Å². The predicted molar refractivity (Wildman–Crippen MR) is 109 cm³/mol. The van der Waals surface area contributed by atoms with Crippen LogP contribution in [0.3, 0.4) is 0 Å². The first-order chi connectivity index (χ1) is 14.9. The second-order valence-electron chi connectivity index (χ2n) is 7.50. The minimum atomic E-state index is -4.28. The van der Waals surface area contributed by atoms with Gasteiger partial charge in [-0.25, -0.2) is 18.7 Å². The summed E-state index contributed by atoms with van der Waals surface area (Å²) in [4.78, 5) is 32.5. The van der Waals surface area contributed by atoms with Crippen molar-refractivity contribution in [1.82, 2.24) is 15.3 Å². The summed E-state index contributed by atoms with van der Waals surface area (Å²) in [6, 6.07) is 5.21. The van der Waals surface area contributed by atoms with Crippen molar-refractivity contribution in [3.8, 4) is 5.88 Å². The molecular weight excluding hydrogens is 432 g/mol. The average molecular weight is 456 g/mol. The lowest BCUT2D eigenvalue weighted by Crippen LogP contribution is -2.33. The van der Waals surface area contributed by atoms with Gasteiger partial charge in [0.15, 0.2) is 6.61 Å². The van der Waals surface area contributed by atoms with Crippen molar-refractivity contribution in [2.75, 3.05) is 11.9 Å². The molecule has 0 saturated carbocycles. The number of halogens is 4. The molecule has 0 aliphatic carbocycles. The maximum Gasteiger partial charge on any atom is 0.340 e. The van der Waals surface area contributed by atoms with Crippen LogP contribution in [0.5, 0.6) is 5.88 Å². The van der Waals surface area contributed by atoms with Gasteiger partial charge in [-0.3, -0.25) is 9.59 Å². The van der Waals surface area contributed by atoms with Gasteiger partial charge in [0, 0.05) is 29.4 Å². The zero-order chi connectivity index (χ0) is 24.1. The Bertz CT molecular complexity index is 953. The summed E-state index contributed by atoms with van der Waals surface area (Å²) in [5.41, 5.74) is 1.35. The van der Waals surface area contributed by atoms with Crippen molar-refractivity contribution < 1.29 is 31.9 Å². The molecule has 2 amide bonds. The Morgan fingerprint density at radius 1 is 1.16 bits per heavy atom. The van der Waals surface area contributed by atoms with Crippen LogP contribution in [0.4, 0.5) is 23.4 Å². The highest BCUT2D eigenvalue weighted by atomic mass is 19.3. The molecule has 11 heteroatoms. The molecular formula is C21H24F4N4O3. The van der Waals surface area contributed by atoms with Crippen molar-refractivity contribution in [3.63, 3.8) is 0 Å². The van der Waals surface area contributed by atoms with E-state index in [0.717, 1.165) is 0 Å². The number of rotatable bonds is 9. The standard InChI is InChI=1S/C21H24F4N4O3/c1-11(2)18(30)29-16-8-15(7-12(3)27-16)19(31)28-13(4)14-5-6-17(26-9-14)32-10-21(24,25)20(22)23/h5-9,11,13,20H,10H2,1-4H3,(H,28,31)(H,27,29,30). The number of alkyl halides is 4. The van der Waals surface area contributed by atoms with E-state index in [2.05, 4.69) is 25.3 Å². The van der Waals surface area contributed by atoms with Gasteiger partial charge in [-0.15, -0.1) is 0 Å². The number of anilines is 1. The molecule has 7 nitrogen and oxygen atoms in total. The molecule has 2 N–H and O–H groups in total. The SMILES string of the molecule is Cc1cc(C(=O)NC(C)c2ccc(OCC(F)(F)C(F)F)nc2)cc(NC(=O)C(C)C)n1. The Labute approximate surface area is 182 Å². The van der Waals surface area contributed by atoms with Crippen molar-refractivity contribution in [2.24, 2.45) is 5.92 Å². The van der Waals surface area contributed by atoms with E-state index in [4.69, 9.17) is 0 Å². The molecule has 0 aromatic carbocycles. The van der Waals surface area contributed by atoms with E-state index >= 15 is 0 Å². The summed E-state index contributed by atoms with van der Waals surface area (Å²) < 4.78 is 54.8. The third-order valence-corrected chi connectivity index (χ3v) is 4.33. The van der Waals surface area contributed by atoms with Crippen LogP contribution >= 0.6 is 0 Å². The van der Waals surface area contributed by atoms with E-state index < -0.39 is 30.9 Å². The first-order valence-electron chi connectivity index (χ1n) is 9.74. The fourth-order valence-electron chi connectivity index (χ4n) is 2.46. The van der Waals surface area contributed by atoms with E-state index in [1.807, 2.05) is 0 Å². The van der Waals surface area contributed by atoms with E-state index in [-0.39, 0.29) is 29.1 Å². The molecule has 2 aromatic rings. The second kappa shape index (κ2) is 10.4. The van der Waals surface area contributed by atoms with Crippen molar-refractivity contribution in [3.05, 3.63) is 47.3 Å². The maximum atomic E-state index is 12.9. The average Bonchev–Trinajstić information content (AvgIpc) is 2.72. The highest BCUT2D eigenvalue weighted by Crippen LogP contribution is 2.24. The number of carbonyl (C=O) groups excluding carboxylic acids is 2. The Morgan fingerprint density at radius 3 is 2.41 bits per heavy atom. The summed E-state index contributed by atoms with van der Waals surface area (Å²) >= 11 is 0. The Kier molecular flexibility index (Phi) is 8.12. The van der Waals surface area contributed by atoms with Crippen molar-refractivity contribution in [1.29, 1.82) is 0 Å². The first kappa shape index (κ1) is 25.0. The zero-order valence-corrected chi connectivity index (χ0v) is 18.0. The molecule has 2 rings (SSSR count). The zero-order valence-electron chi connectivity index (χ0n) is 18.0. The molecule has 1 atom stereocenters. The topological polar surface area (TPSA) is 93.2 Å². The first-order valence-corrected chi connectivity index (χ1v) is 9.74. The summed E-state index contributed by atoms with van der Waals surface area (Å²) in [5.74, 6) is -5.19. The van der Waals surface area contributed by atoms with Crippen LogP contribution < -0.4 is 15.4 Å². The third kappa shape index (κ3) is 6.89. The number of nitrogens with zero attached hydrogens (tertiary/aromatic N) is 2. The van der Waals surface area contributed by atoms with Crippen LogP contribution in [-0.4, -0.2) is 40.7 Å². The quantitative estimate of drug-likeness (QED) is 0.553. The molecule has 0 radical (unpaired) electrons. The minimum Gasteiger partial charge on any atom is -0.471 e. The molecule has 32 heavy (non-hydrogen) atoms. The number of amides is 2. The Hall–Kier alpha value is -3.24. The van der Waals surface area contributed by atoms with E-state index in [0.29, 0.717) is 11.3 Å². The van der Waals surface area contributed by atoms with Gasteiger partial charge < -0.3 is 15.4 Å². The lowest BCUT2D eigenvalue weighted by Gasteiger charge is -2.17.